The molecule has 22 heavy (non-hydrogen) atoms. The van der Waals surface area contributed by atoms with Gasteiger partial charge in [0.15, 0.2) is 0 Å². The van der Waals surface area contributed by atoms with Gasteiger partial charge in [-0.05, 0) is 24.1 Å². The summed E-state index contributed by atoms with van der Waals surface area (Å²) in [4.78, 5) is 16.3. The van der Waals surface area contributed by atoms with Crippen LogP contribution >= 0.6 is 24.8 Å². The van der Waals surface area contributed by atoms with E-state index in [-0.39, 0.29) is 42.7 Å². The largest absolute Gasteiger partial charge is 0.323 e. The van der Waals surface area contributed by atoms with Crippen LogP contribution < -0.4 is 11.1 Å². The molecule has 4 nitrogen and oxygen atoms in total. The summed E-state index contributed by atoms with van der Waals surface area (Å²) in [5, 5.41) is 2.79. The van der Waals surface area contributed by atoms with Gasteiger partial charge in [0.2, 0.25) is 5.91 Å². The van der Waals surface area contributed by atoms with Crippen LogP contribution in [0.3, 0.4) is 0 Å². The summed E-state index contributed by atoms with van der Waals surface area (Å²) >= 11 is 0. The minimum Gasteiger partial charge on any atom is -0.323 e. The molecule has 0 aliphatic heterocycles. The Hall–Kier alpha value is -1.62. The number of nitrogens with two attached hydrogens (primary N) is 1. The minimum atomic E-state index is -0.333. The predicted molar refractivity (Wildman–Crippen MR) is 94.6 cm³/mol. The van der Waals surface area contributed by atoms with Crippen molar-refractivity contribution >= 4 is 36.5 Å². The molecule has 0 spiro atoms. The Morgan fingerprint density at radius 2 is 1.77 bits per heavy atom. The smallest absolute Gasteiger partial charge is 0.230 e. The molecule has 1 aromatic carbocycles. The molecule has 3 N–H and O–H groups in total. The van der Waals surface area contributed by atoms with Crippen LogP contribution in [0.2, 0.25) is 0 Å². The Labute approximate surface area is 143 Å². The number of hydrogen-bond acceptors (Lipinski definition) is 3. The molecule has 1 amide bonds. The minimum absolute atomic E-state index is 0. The summed E-state index contributed by atoms with van der Waals surface area (Å²) in [6.07, 6.45) is 1.72. The third-order valence-corrected chi connectivity index (χ3v) is 3.30. The number of nitrogens with one attached hydrogen (secondary N) is 1. The zero-order chi connectivity index (χ0) is 14.5. The monoisotopic (exact) mass is 341 g/mol. The third kappa shape index (κ3) is 5.30. The molecule has 0 radical (unpaired) electrons. The van der Waals surface area contributed by atoms with Crippen molar-refractivity contribution in [3.05, 3.63) is 59.8 Å². The highest BCUT2D eigenvalue weighted by atomic mass is 35.5. The molecule has 6 heteroatoms. The number of amides is 1. The number of anilines is 1. The van der Waals surface area contributed by atoms with Crippen molar-refractivity contribution in [2.24, 2.45) is 11.7 Å². The van der Waals surface area contributed by atoms with Gasteiger partial charge in [-0.15, -0.1) is 24.8 Å². The standard InChI is InChI=1S/C16H19N3O.2ClH/c1-11-8-9-14(18-10-11)19-16(20)12(2)15(17)13-6-4-3-5-7-13;;/h3-10,12,15H,17H2,1-2H3,(H,18,19,20);2*1H. The average Bonchev–Trinajstić information content (AvgIpc) is 2.49. The van der Waals surface area contributed by atoms with Crippen molar-refractivity contribution in [3.8, 4) is 0 Å². The van der Waals surface area contributed by atoms with Crippen LogP contribution in [-0.2, 0) is 4.79 Å². The molecule has 1 heterocycles. The number of carbonyl (C=O) groups is 1. The highest BCUT2D eigenvalue weighted by Crippen LogP contribution is 2.20. The number of benzene rings is 1. The molecule has 2 rings (SSSR count). The van der Waals surface area contributed by atoms with E-state index in [0.717, 1.165) is 11.1 Å². The second-order valence-corrected chi connectivity index (χ2v) is 4.94. The van der Waals surface area contributed by atoms with Gasteiger partial charge >= 0.3 is 0 Å². The first-order valence-corrected chi connectivity index (χ1v) is 6.62. The molecule has 0 saturated carbocycles. The highest BCUT2D eigenvalue weighted by molar-refractivity contribution is 5.92. The van der Waals surface area contributed by atoms with E-state index in [1.54, 1.807) is 12.3 Å². The molecule has 2 unspecified atom stereocenters. The average molecular weight is 342 g/mol. The summed E-state index contributed by atoms with van der Waals surface area (Å²) in [6, 6.07) is 13.0. The van der Waals surface area contributed by atoms with E-state index < -0.39 is 0 Å². The Morgan fingerprint density at radius 3 is 2.32 bits per heavy atom. The van der Waals surface area contributed by atoms with E-state index in [9.17, 15) is 4.79 Å². The number of carbonyl (C=O) groups excluding carboxylic acids is 1. The zero-order valence-electron chi connectivity index (χ0n) is 12.5. The number of hydrogen-bond donors (Lipinski definition) is 2. The van der Waals surface area contributed by atoms with Crippen molar-refractivity contribution in [1.29, 1.82) is 0 Å². The summed E-state index contributed by atoms with van der Waals surface area (Å²) in [7, 11) is 0. The lowest BCUT2D eigenvalue weighted by Gasteiger charge is -2.19. The lowest BCUT2D eigenvalue weighted by Crippen LogP contribution is -2.30. The van der Waals surface area contributed by atoms with Crippen LogP contribution in [0.5, 0.6) is 0 Å². The van der Waals surface area contributed by atoms with Gasteiger partial charge in [-0.3, -0.25) is 4.79 Å². The first-order chi connectivity index (χ1) is 9.58. The summed E-state index contributed by atoms with van der Waals surface area (Å²) in [6.45, 7) is 3.77. The lowest BCUT2D eigenvalue weighted by molar-refractivity contribution is -0.120. The van der Waals surface area contributed by atoms with E-state index >= 15 is 0 Å². The van der Waals surface area contributed by atoms with Crippen molar-refractivity contribution in [2.45, 2.75) is 19.9 Å². The van der Waals surface area contributed by atoms with Crippen molar-refractivity contribution in [1.82, 2.24) is 4.98 Å². The highest BCUT2D eigenvalue weighted by Gasteiger charge is 2.22. The zero-order valence-corrected chi connectivity index (χ0v) is 14.2. The molecule has 0 aliphatic rings. The molecule has 0 fully saturated rings. The number of aromatic nitrogens is 1. The number of rotatable bonds is 4. The normalized spacial score (nSPS) is 12.3. The first-order valence-electron chi connectivity index (χ1n) is 6.62. The van der Waals surface area contributed by atoms with Crippen LogP contribution in [0.4, 0.5) is 5.82 Å². The second-order valence-electron chi connectivity index (χ2n) is 4.94. The van der Waals surface area contributed by atoms with Gasteiger partial charge in [-0.25, -0.2) is 4.98 Å². The van der Waals surface area contributed by atoms with E-state index in [1.165, 1.54) is 0 Å². The summed E-state index contributed by atoms with van der Waals surface area (Å²) < 4.78 is 0. The summed E-state index contributed by atoms with van der Waals surface area (Å²) in [5.41, 5.74) is 8.14. The van der Waals surface area contributed by atoms with Crippen LogP contribution in [-0.4, -0.2) is 10.9 Å². The molecule has 0 bridgehead atoms. The molecule has 2 atom stereocenters. The Morgan fingerprint density at radius 1 is 1.14 bits per heavy atom. The van der Waals surface area contributed by atoms with Gasteiger partial charge in [0.05, 0.1) is 5.92 Å². The fourth-order valence-corrected chi connectivity index (χ4v) is 1.91. The fraction of sp³-hybridized carbons (Fsp3) is 0.250. The number of nitrogens with zero attached hydrogens (tertiary/aromatic N) is 1. The number of halogens is 2. The van der Waals surface area contributed by atoms with Crippen LogP contribution in [0.15, 0.2) is 48.7 Å². The molecule has 120 valence electrons. The third-order valence-electron chi connectivity index (χ3n) is 3.30. The maximum Gasteiger partial charge on any atom is 0.230 e. The van der Waals surface area contributed by atoms with Crippen LogP contribution in [0.25, 0.3) is 0 Å². The Bertz CT molecular complexity index is 576. The molecule has 2 aromatic rings. The van der Waals surface area contributed by atoms with Crippen molar-refractivity contribution < 1.29 is 4.79 Å². The van der Waals surface area contributed by atoms with Gasteiger partial charge in [0.1, 0.15) is 5.82 Å². The first kappa shape index (κ1) is 20.4. The Balaban J connectivity index is 0.00000220. The molecule has 0 saturated heterocycles. The summed E-state index contributed by atoms with van der Waals surface area (Å²) in [5.74, 6) is 0.0888. The predicted octanol–water partition coefficient (Wildman–Crippen LogP) is 3.51. The fourth-order valence-electron chi connectivity index (χ4n) is 1.91. The SMILES string of the molecule is Cc1ccc(NC(=O)C(C)C(N)c2ccccc2)nc1.Cl.Cl. The number of pyridine rings is 1. The maximum absolute atomic E-state index is 12.2. The van der Waals surface area contributed by atoms with Crippen molar-refractivity contribution in [2.75, 3.05) is 5.32 Å². The van der Waals surface area contributed by atoms with Gasteiger partial charge in [-0.2, -0.15) is 0 Å². The second kappa shape index (κ2) is 9.41. The van der Waals surface area contributed by atoms with Gasteiger partial charge in [0.25, 0.3) is 0 Å². The van der Waals surface area contributed by atoms with Gasteiger partial charge < -0.3 is 11.1 Å². The molecule has 0 aliphatic carbocycles. The van der Waals surface area contributed by atoms with Crippen LogP contribution in [0, 0.1) is 12.8 Å². The lowest BCUT2D eigenvalue weighted by atomic mass is 9.95. The van der Waals surface area contributed by atoms with E-state index in [2.05, 4.69) is 10.3 Å². The molecular weight excluding hydrogens is 321 g/mol. The number of aryl methyl sites for hydroxylation is 1. The van der Waals surface area contributed by atoms with Crippen LogP contribution in [0.1, 0.15) is 24.1 Å². The quantitative estimate of drug-likeness (QED) is 0.893. The van der Waals surface area contributed by atoms with Crippen molar-refractivity contribution in [3.63, 3.8) is 0 Å². The van der Waals surface area contributed by atoms with E-state index in [0.29, 0.717) is 5.82 Å². The topological polar surface area (TPSA) is 68.0 Å². The maximum atomic E-state index is 12.2. The molecule has 1 aromatic heterocycles. The molecular formula is C16H21Cl2N3O. The van der Waals surface area contributed by atoms with E-state index in [4.69, 9.17) is 5.73 Å². The Kier molecular flexibility index (Phi) is 8.72. The van der Waals surface area contributed by atoms with Gasteiger partial charge in [0, 0.05) is 12.2 Å². The van der Waals surface area contributed by atoms with Gasteiger partial charge in [-0.1, -0.05) is 43.3 Å². The van der Waals surface area contributed by atoms with E-state index in [1.807, 2.05) is 50.2 Å².